The largest absolute Gasteiger partial charge is 0.335 e. The molecule has 24 heavy (non-hydrogen) atoms. The van der Waals surface area contributed by atoms with Crippen LogP contribution in [0.5, 0.6) is 0 Å². The van der Waals surface area contributed by atoms with E-state index in [9.17, 15) is 4.79 Å². The maximum absolute atomic E-state index is 12.9. The van der Waals surface area contributed by atoms with Gasteiger partial charge in [0.1, 0.15) is 5.15 Å². The Balaban J connectivity index is 1.77. The lowest BCUT2D eigenvalue weighted by Crippen LogP contribution is -2.39. The summed E-state index contributed by atoms with van der Waals surface area (Å²) in [6.07, 6.45) is 6.50. The van der Waals surface area contributed by atoms with E-state index >= 15 is 0 Å². The van der Waals surface area contributed by atoms with E-state index in [-0.39, 0.29) is 5.91 Å². The van der Waals surface area contributed by atoms with Crippen molar-refractivity contribution in [2.75, 3.05) is 0 Å². The standard InChI is InChI=1S/C19H20Cl2N2O/c20-17-8-4-1-5-15(17)13-23(16-6-2-3-7-16)19(24)11-14-9-10-18(21)22-12-14/h1,4-5,8-10,12,16H,2-3,6-7,11,13H2. The zero-order valence-electron chi connectivity index (χ0n) is 13.4. The fourth-order valence-electron chi connectivity index (χ4n) is 3.23. The normalized spacial score (nSPS) is 14.8. The second-order valence-electron chi connectivity index (χ2n) is 6.22. The van der Waals surface area contributed by atoms with Crippen molar-refractivity contribution in [1.29, 1.82) is 0 Å². The van der Waals surface area contributed by atoms with Crippen LogP contribution >= 0.6 is 23.2 Å². The van der Waals surface area contributed by atoms with E-state index in [4.69, 9.17) is 23.2 Å². The molecule has 0 saturated heterocycles. The molecule has 0 atom stereocenters. The first-order valence-corrected chi connectivity index (χ1v) is 9.02. The van der Waals surface area contributed by atoms with Crippen LogP contribution in [0.4, 0.5) is 0 Å². The number of carbonyl (C=O) groups excluding carboxylic acids is 1. The monoisotopic (exact) mass is 362 g/mol. The van der Waals surface area contributed by atoms with Crippen molar-refractivity contribution in [3.63, 3.8) is 0 Å². The Morgan fingerprint density at radius 1 is 1.12 bits per heavy atom. The molecule has 0 unspecified atom stereocenters. The molecule has 0 spiro atoms. The van der Waals surface area contributed by atoms with Gasteiger partial charge in [0.15, 0.2) is 0 Å². The Labute approximate surface area is 152 Å². The third-order valence-corrected chi connectivity index (χ3v) is 5.12. The van der Waals surface area contributed by atoms with E-state index < -0.39 is 0 Å². The lowest BCUT2D eigenvalue weighted by molar-refractivity contribution is -0.133. The van der Waals surface area contributed by atoms with Gasteiger partial charge in [-0.1, -0.05) is 60.3 Å². The van der Waals surface area contributed by atoms with Gasteiger partial charge in [0.25, 0.3) is 0 Å². The molecule has 1 heterocycles. The molecule has 1 aliphatic carbocycles. The van der Waals surface area contributed by atoms with Gasteiger partial charge in [0.05, 0.1) is 6.42 Å². The van der Waals surface area contributed by atoms with Gasteiger partial charge in [-0.15, -0.1) is 0 Å². The summed E-state index contributed by atoms with van der Waals surface area (Å²) in [6.45, 7) is 0.560. The lowest BCUT2D eigenvalue weighted by atomic mass is 10.1. The number of rotatable bonds is 5. The van der Waals surface area contributed by atoms with Crippen LogP contribution in [0.3, 0.4) is 0 Å². The maximum Gasteiger partial charge on any atom is 0.227 e. The molecule has 1 fully saturated rings. The van der Waals surface area contributed by atoms with Crippen molar-refractivity contribution < 1.29 is 4.79 Å². The fourth-order valence-corrected chi connectivity index (χ4v) is 3.54. The van der Waals surface area contributed by atoms with Crippen LogP contribution in [0.15, 0.2) is 42.6 Å². The minimum absolute atomic E-state index is 0.117. The predicted octanol–water partition coefficient (Wildman–Crippen LogP) is 4.90. The molecule has 1 saturated carbocycles. The Kier molecular flexibility index (Phi) is 5.75. The Bertz CT molecular complexity index is 697. The molecule has 0 aliphatic heterocycles. The van der Waals surface area contributed by atoms with Gasteiger partial charge in [0, 0.05) is 23.8 Å². The highest BCUT2D eigenvalue weighted by molar-refractivity contribution is 6.31. The van der Waals surface area contributed by atoms with Crippen LogP contribution in [-0.2, 0) is 17.8 Å². The topological polar surface area (TPSA) is 33.2 Å². The molecule has 126 valence electrons. The molecule has 5 heteroatoms. The van der Waals surface area contributed by atoms with Gasteiger partial charge in [0.2, 0.25) is 5.91 Å². The highest BCUT2D eigenvalue weighted by atomic mass is 35.5. The number of aromatic nitrogens is 1. The Hall–Kier alpha value is -1.58. The van der Waals surface area contributed by atoms with Crippen LogP contribution in [-0.4, -0.2) is 21.8 Å². The second kappa shape index (κ2) is 8.00. The van der Waals surface area contributed by atoms with E-state index in [0.29, 0.717) is 29.2 Å². The third kappa shape index (κ3) is 4.28. The smallest absolute Gasteiger partial charge is 0.227 e. The molecule has 3 rings (SSSR count). The SMILES string of the molecule is O=C(Cc1ccc(Cl)nc1)N(Cc1ccccc1Cl)C1CCCC1. The molecule has 1 aromatic carbocycles. The number of amides is 1. The van der Waals surface area contributed by atoms with Crippen molar-refractivity contribution >= 4 is 29.1 Å². The number of hydrogen-bond acceptors (Lipinski definition) is 2. The summed E-state index contributed by atoms with van der Waals surface area (Å²) in [5.74, 6) is 0.117. The van der Waals surface area contributed by atoms with E-state index in [1.54, 1.807) is 12.3 Å². The minimum Gasteiger partial charge on any atom is -0.335 e. The molecule has 1 amide bonds. The number of nitrogens with zero attached hydrogens (tertiary/aromatic N) is 2. The first-order chi connectivity index (χ1) is 11.6. The van der Waals surface area contributed by atoms with Crippen LogP contribution in [0.25, 0.3) is 0 Å². The van der Waals surface area contributed by atoms with E-state index in [1.807, 2.05) is 35.2 Å². The number of benzene rings is 1. The molecule has 2 aromatic rings. The third-order valence-electron chi connectivity index (χ3n) is 4.53. The highest BCUT2D eigenvalue weighted by Crippen LogP contribution is 2.27. The molecule has 0 bridgehead atoms. The van der Waals surface area contributed by atoms with E-state index in [0.717, 1.165) is 24.0 Å². The molecule has 0 N–H and O–H groups in total. The highest BCUT2D eigenvalue weighted by Gasteiger charge is 2.27. The molecular formula is C19H20Cl2N2O. The molecule has 1 aromatic heterocycles. The molecule has 1 aliphatic rings. The van der Waals surface area contributed by atoms with Gasteiger partial charge in [-0.25, -0.2) is 4.98 Å². The zero-order valence-corrected chi connectivity index (χ0v) is 14.9. The number of carbonyl (C=O) groups is 1. The number of hydrogen-bond donors (Lipinski definition) is 0. The predicted molar refractivity (Wildman–Crippen MR) is 97.2 cm³/mol. The molecule has 0 radical (unpaired) electrons. The minimum atomic E-state index is 0.117. The van der Waals surface area contributed by atoms with Crippen molar-refractivity contribution in [3.05, 3.63) is 63.9 Å². The van der Waals surface area contributed by atoms with Crippen molar-refractivity contribution in [3.8, 4) is 0 Å². The molecular weight excluding hydrogens is 343 g/mol. The first kappa shape index (κ1) is 17.2. The molecule has 3 nitrogen and oxygen atoms in total. The van der Waals surface area contributed by atoms with Crippen LogP contribution < -0.4 is 0 Å². The van der Waals surface area contributed by atoms with Gasteiger partial charge < -0.3 is 4.90 Å². The Morgan fingerprint density at radius 2 is 1.88 bits per heavy atom. The quantitative estimate of drug-likeness (QED) is 0.708. The van der Waals surface area contributed by atoms with Crippen LogP contribution in [0.1, 0.15) is 36.8 Å². The summed E-state index contributed by atoms with van der Waals surface area (Å²) in [5, 5.41) is 1.15. The van der Waals surface area contributed by atoms with Crippen LogP contribution in [0, 0.1) is 0 Å². The van der Waals surface area contributed by atoms with Gasteiger partial charge >= 0.3 is 0 Å². The van der Waals surface area contributed by atoms with E-state index in [2.05, 4.69) is 4.98 Å². The first-order valence-electron chi connectivity index (χ1n) is 8.27. The van der Waals surface area contributed by atoms with Gasteiger partial charge in [-0.3, -0.25) is 4.79 Å². The van der Waals surface area contributed by atoms with Crippen molar-refractivity contribution in [2.24, 2.45) is 0 Å². The van der Waals surface area contributed by atoms with E-state index in [1.165, 1.54) is 12.8 Å². The summed E-state index contributed by atoms with van der Waals surface area (Å²) in [6, 6.07) is 11.6. The number of halogens is 2. The van der Waals surface area contributed by atoms with Crippen molar-refractivity contribution in [2.45, 2.75) is 44.7 Å². The van der Waals surface area contributed by atoms with Crippen molar-refractivity contribution in [1.82, 2.24) is 9.88 Å². The average Bonchev–Trinajstić information content (AvgIpc) is 3.10. The van der Waals surface area contributed by atoms with Gasteiger partial charge in [-0.2, -0.15) is 0 Å². The van der Waals surface area contributed by atoms with Gasteiger partial charge in [-0.05, 0) is 36.1 Å². The summed E-state index contributed by atoms with van der Waals surface area (Å²) in [5.41, 5.74) is 1.88. The zero-order chi connectivity index (χ0) is 16.9. The summed E-state index contributed by atoms with van der Waals surface area (Å²) < 4.78 is 0. The van der Waals surface area contributed by atoms with Crippen LogP contribution in [0.2, 0.25) is 10.2 Å². The average molecular weight is 363 g/mol. The number of pyridine rings is 1. The second-order valence-corrected chi connectivity index (χ2v) is 7.01. The maximum atomic E-state index is 12.9. The lowest BCUT2D eigenvalue weighted by Gasteiger charge is -2.29. The Morgan fingerprint density at radius 3 is 2.54 bits per heavy atom. The fraction of sp³-hybridized carbons (Fsp3) is 0.368. The summed E-state index contributed by atoms with van der Waals surface area (Å²) in [7, 11) is 0. The summed E-state index contributed by atoms with van der Waals surface area (Å²) >= 11 is 12.1. The summed E-state index contributed by atoms with van der Waals surface area (Å²) in [4.78, 5) is 19.0.